The zero-order valence-corrected chi connectivity index (χ0v) is 28.5. The average Bonchev–Trinajstić information content (AvgIpc) is 2.84. The summed E-state index contributed by atoms with van der Waals surface area (Å²) < 4.78 is 59.0. The Bertz CT molecular complexity index is 1520. The quantitative estimate of drug-likeness (QED) is 0.314. The molecule has 1 aromatic carbocycles. The third-order valence-electron chi connectivity index (χ3n) is 7.73. The van der Waals surface area contributed by atoms with Crippen molar-refractivity contribution in [1.82, 2.24) is 9.29 Å². The molecule has 8 nitrogen and oxygen atoms in total. The molecule has 0 radical (unpaired) electrons. The third-order valence-corrected chi connectivity index (χ3v) is 8.93. The molecule has 0 unspecified atom stereocenters. The van der Waals surface area contributed by atoms with E-state index >= 15 is 0 Å². The van der Waals surface area contributed by atoms with Crippen molar-refractivity contribution < 1.29 is 31.8 Å². The number of ether oxygens (including phenoxy) is 3. The minimum atomic E-state index is -3.50. The summed E-state index contributed by atoms with van der Waals surface area (Å²) in [4.78, 5) is 17.8. The lowest BCUT2D eigenvalue weighted by Crippen LogP contribution is -2.45. The minimum absolute atomic E-state index is 0.0369. The zero-order chi connectivity index (χ0) is 32.8. The van der Waals surface area contributed by atoms with Crippen LogP contribution in [0, 0.1) is 5.82 Å². The van der Waals surface area contributed by atoms with E-state index < -0.39 is 32.9 Å². The van der Waals surface area contributed by atoms with E-state index in [1.165, 1.54) is 22.7 Å². The van der Waals surface area contributed by atoms with Gasteiger partial charge in [-0.15, -0.1) is 0 Å². The molecule has 2 atom stereocenters. The molecule has 2 aliphatic rings. The topological polar surface area (TPSA) is 95.0 Å². The number of halogens is 1. The number of carbonyl (C=O) groups excluding carboxylic acids is 1. The van der Waals surface area contributed by atoms with Gasteiger partial charge in [-0.3, -0.25) is 9.78 Å². The van der Waals surface area contributed by atoms with Crippen LogP contribution in [0.25, 0.3) is 17.2 Å². The molecular formula is C34H47FN2O6S. The standard InChI is InChI=1S/C34H47FN2O6S/c1-21(2)30-26(16-15-24-17-25(42-34(8,9)41-24)18-28(38)43-32(3,4)5)29(22-11-13-23(35)14-12-22)27-19-37(44(10,39)40)20-33(6,7)31(27)36-30/h11-16,21,24-25H,17-20H2,1-10H3/b16-15+/t24-,25-/m1/s1. The molecule has 44 heavy (non-hydrogen) atoms. The van der Waals surface area contributed by atoms with Crippen molar-refractivity contribution >= 4 is 22.1 Å². The van der Waals surface area contributed by atoms with Crippen LogP contribution in [0.2, 0.25) is 0 Å². The van der Waals surface area contributed by atoms with Gasteiger partial charge < -0.3 is 14.2 Å². The normalized spacial score (nSPS) is 22.3. The number of nitrogens with zero attached hydrogens (tertiary/aromatic N) is 2. The number of sulfonamides is 1. The summed E-state index contributed by atoms with van der Waals surface area (Å²) in [6, 6.07) is 6.28. The first-order valence-electron chi connectivity index (χ1n) is 15.2. The molecule has 0 amide bonds. The van der Waals surface area contributed by atoms with E-state index in [1.807, 2.05) is 60.6 Å². The monoisotopic (exact) mass is 630 g/mol. The average molecular weight is 631 g/mol. The predicted octanol–water partition coefficient (Wildman–Crippen LogP) is 6.72. The van der Waals surface area contributed by atoms with Crippen LogP contribution in [-0.2, 0) is 41.0 Å². The molecule has 3 heterocycles. The van der Waals surface area contributed by atoms with Crippen LogP contribution in [0.3, 0.4) is 0 Å². The van der Waals surface area contributed by atoms with Crippen molar-refractivity contribution in [2.45, 2.75) is 117 Å². The number of hydrogen-bond acceptors (Lipinski definition) is 7. The number of fused-ring (bicyclic) bond motifs is 1. The second-order valence-corrected chi connectivity index (χ2v) is 16.4. The molecule has 242 valence electrons. The molecule has 1 saturated heterocycles. The van der Waals surface area contributed by atoms with Crippen LogP contribution in [0.5, 0.6) is 0 Å². The summed E-state index contributed by atoms with van der Waals surface area (Å²) in [6.45, 7) is 17.8. The fourth-order valence-corrected chi connectivity index (χ4v) is 6.99. The highest BCUT2D eigenvalue weighted by Gasteiger charge is 2.40. The van der Waals surface area contributed by atoms with Gasteiger partial charge in [-0.25, -0.2) is 12.8 Å². The highest BCUT2D eigenvalue weighted by atomic mass is 32.2. The molecule has 1 fully saturated rings. The van der Waals surface area contributed by atoms with Crippen molar-refractivity contribution in [3.63, 3.8) is 0 Å². The molecule has 0 aliphatic carbocycles. The molecule has 1 aromatic heterocycles. The first-order chi connectivity index (χ1) is 20.1. The van der Waals surface area contributed by atoms with Crippen LogP contribution in [0.15, 0.2) is 30.3 Å². The van der Waals surface area contributed by atoms with E-state index in [0.29, 0.717) is 13.0 Å². The van der Waals surface area contributed by atoms with E-state index in [4.69, 9.17) is 19.2 Å². The summed E-state index contributed by atoms with van der Waals surface area (Å²) in [5.41, 5.74) is 3.78. The van der Waals surface area contributed by atoms with E-state index in [-0.39, 0.29) is 36.8 Å². The molecule has 0 spiro atoms. The fraction of sp³-hybridized carbons (Fsp3) is 0.588. The van der Waals surface area contributed by atoms with Crippen LogP contribution in [0.1, 0.15) is 104 Å². The van der Waals surface area contributed by atoms with Gasteiger partial charge in [0.05, 0.1) is 36.3 Å². The second-order valence-electron chi connectivity index (χ2n) is 14.4. The van der Waals surface area contributed by atoms with Crippen LogP contribution >= 0.6 is 0 Å². The second kappa shape index (κ2) is 12.3. The van der Waals surface area contributed by atoms with Gasteiger partial charge >= 0.3 is 5.97 Å². The first-order valence-corrected chi connectivity index (χ1v) is 17.0. The summed E-state index contributed by atoms with van der Waals surface area (Å²) in [7, 11) is -3.50. The van der Waals surface area contributed by atoms with E-state index in [0.717, 1.165) is 33.6 Å². The lowest BCUT2D eigenvalue weighted by molar-refractivity contribution is -0.290. The van der Waals surface area contributed by atoms with Crippen LogP contribution in [-0.4, -0.2) is 60.1 Å². The maximum absolute atomic E-state index is 14.1. The molecule has 2 aliphatic heterocycles. The smallest absolute Gasteiger partial charge is 0.308 e. The van der Waals surface area contributed by atoms with Gasteiger partial charge in [-0.05, 0) is 69.4 Å². The predicted molar refractivity (Wildman–Crippen MR) is 170 cm³/mol. The molecule has 0 saturated carbocycles. The lowest BCUT2D eigenvalue weighted by Gasteiger charge is -2.40. The van der Waals surface area contributed by atoms with Crippen molar-refractivity contribution in [2.24, 2.45) is 0 Å². The fourth-order valence-electron chi connectivity index (χ4n) is 6.07. The Hall–Kier alpha value is -2.66. The SMILES string of the molecule is CC(C)c1nc2c(c(-c3ccc(F)cc3)c1/C=C/[C@@H]1C[C@H](CC(=O)OC(C)(C)C)OC(C)(C)O1)CN(S(C)(=O)=O)CC2(C)C. The molecule has 10 heteroatoms. The summed E-state index contributed by atoms with van der Waals surface area (Å²) in [5.74, 6) is -1.59. The molecule has 0 N–H and O–H groups in total. The Morgan fingerprint density at radius 1 is 1.16 bits per heavy atom. The molecule has 0 bridgehead atoms. The van der Waals surface area contributed by atoms with Gasteiger partial charge in [0.15, 0.2) is 5.79 Å². The highest BCUT2D eigenvalue weighted by Crippen LogP contribution is 2.43. The Morgan fingerprint density at radius 3 is 2.36 bits per heavy atom. The number of carbonyl (C=O) groups is 1. The lowest BCUT2D eigenvalue weighted by atomic mass is 9.78. The van der Waals surface area contributed by atoms with E-state index in [9.17, 15) is 17.6 Å². The van der Waals surface area contributed by atoms with Crippen molar-refractivity contribution in [2.75, 3.05) is 12.8 Å². The van der Waals surface area contributed by atoms with E-state index in [1.54, 1.807) is 12.1 Å². The zero-order valence-electron chi connectivity index (χ0n) is 27.7. The van der Waals surface area contributed by atoms with Crippen LogP contribution < -0.4 is 0 Å². The summed E-state index contributed by atoms with van der Waals surface area (Å²) >= 11 is 0. The summed E-state index contributed by atoms with van der Waals surface area (Å²) in [6.07, 6.45) is 4.91. The first kappa shape index (κ1) is 34.2. The Balaban J connectivity index is 1.83. The van der Waals surface area contributed by atoms with Gasteiger partial charge in [0.1, 0.15) is 11.4 Å². The molecule has 2 aromatic rings. The number of aromatic nitrogens is 1. The molecule has 4 rings (SSSR count). The van der Waals surface area contributed by atoms with Crippen molar-refractivity contribution in [1.29, 1.82) is 0 Å². The number of pyridine rings is 1. The van der Waals surface area contributed by atoms with E-state index in [2.05, 4.69) is 13.8 Å². The number of esters is 1. The third kappa shape index (κ3) is 8.13. The maximum atomic E-state index is 14.1. The molecular weight excluding hydrogens is 583 g/mol. The highest BCUT2D eigenvalue weighted by molar-refractivity contribution is 7.88. The van der Waals surface area contributed by atoms with Gasteiger partial charge in [0, 0.05) is 30.5 Å². The van der Waals surface area contributed by atoms with Crippen molar-refractivity contribution in [3.8, 4) is 11.1 Å². The number of hydrogen-bond donors (Lipinski definition) is 0. The van der Waals surface area contributed by atoms with Gasteiger partial charge in [-0.2, -0.15) is 4.31 Å². The largest absolute Gasteiger partial charge is 0.460 e. The van der Waals surface area contributed by atoms with Gasteiger partial charge in [0.25, 0.3) is 0 Å². The van der Waals surface area contributed by atoms with Crippen molar-refractivity contribution in [3.05, 3.63) is 58.7 Å². The summed E-state index contributed by atoms with van der Waals surface area (Å²) in [5, 5.41) is 0. The maximum Gasteiger partial charge on any atom is 0.308 e. The minimum Gasteiger partial charge on any atom is -0.460 e. The number of rotatable bonds is 7. The Kier molecular flexibility index (Phi) is 9.54. The number of benzene rings is 1. The van der Waals surface area contributed by atoms with Gasteiger partial charge in [-0.1, -0.05) is 52.0 Å². The Labute approximate surface area is 262 Å². The Morgan fingerprint density at radius 2 is 1.80 bits per heavy atom. The van der Waals surface area contributed by atoms with Gasteiger partial charge in [0.2, 0.25) is 10.0 Å². The van der Waals surface area contributed by atoms with Crippen LogP contribution in [0.4, 0.5) is 4.39 Å².